The third-order valence-electron chi connectivity index (χ3n) is 38.0. The molecule has 31 atom stereocenters. The number of Topliss-reactive ketones (excluding diaryl/α,β-unsaturated/α-hetero) is 1. The molecular formula is C99H148O21. The Morgan fingerprint density at radius 3 is 1.09 bits per heavy atom. The van der Waals surface area contributed by atoms with Gasteiger partial charge in [-0.25, -0.2) is 0 Å². The molecule has 21 nitrogen and oxygen atoms in total. The summed E-state index contributed by atoms with van der Waals surface area (Å²) in [6.07, 6.45) is 31.1. The number of esters is 8. The Hall–Kier alpha value is -4.73. The topological polar surface area (TPSA) is 264 Å². The van der Waals surface area contributed by atoms with Crippen molar-refractivity contribution in [1.82, 2.24) is 0 Å². The van der Waals surface area contributed by atoms with Gasteiger partial charge in [0.1, 0.15) is 30.2 Å². The highest BCUT2D eigenvalue weighted by Crippen LogP contribution is 2.73. The lowest BCUT2D eigenvalue weighted by Crippen LogP contribution is -2.55. The normalized spacial score (nSPS) is 44.7. The van der Waals surface area contributed by atoms with E-state index in [1.165, 1.54) is 64.2 Å². The summed E-state index contributed by atoms with van der Waals surface area (Å²) in [6.45, 7) is 27.2. The Labute approximate surface area is 714 Å². The van der Waals surface area contributed by atoms with Crippen LogP contribution in [-0.4, -0.2) is 131 Å². The number of carbonyl (C=O) groups is 9. The van der Waals surface area contributed by atoms with Crippen molar-refractivity contribution in [2.24, 2.45) is 211 Å². The maximum Gasteiger partial charge on any atom is 0.311 e. The number of rotatable bonds is 29. The second kappa shape index (κ2) is 34.8. The average molecular weight is 1670 g/mol. The van der Waals surface area contributed by atoms with Gasteiger partial charge >= 0.3 is 47.8 Å². The van der Waals surface area contributed by atoms with E-state index < -0.39 is 16.2 Å². The van der Waals surface area contributed by atoms with E-state index in [9.17, 15) is 43.2 Å². The fourth-order valence-corrected chi connectivity index (χ4v) is 31.9. The van der Waals surface area contributed by atoms with Gasteiger partial charge in [-0.2, -0.15) is 0 Å². The molecule has 0 saturated heterocycles. The Bertz CT molecular complexity index is 3730. The van der Waals surface area contributed by atoms with Gasteiger partial charge in [0.05, 0.1) is 64.0 Å². The van der Waals surface area contributed by atoms with Crippen LogP contribution in [0.1, 0.15) is 276 Å². The summed E-state index contributed by atoms with van der Waals surface area (Å²) in [5.41, 5.74) is -1.67. The van der Waals surface area contributed by atoms with Crippen molar-refractivity contribution in [3.63, 3.8) is 0 Å². The van der Waals surface area contributed by atoms with Crippen molar-refractivity contribution in [1.29, 1.82) is 0 Å². The molecular weight excluding hydrogens is 1530 g/mol. The maximum absolute atomic E-state index is 13.2. The monoisotopic (exact) mass is 1670 g/mol. The van der Waals surface area contributed by atoms with Crippen LogP contribution in [-0.2, 0) is 100.0 Å². The van der Waals surface area contributed by atoms with Crippen LogP contribution in [0.25, 0.3) is 0 Å². The lowest BCUT2D eigenvalue weighted by atomic mass is 9.49. The first-order valence-electron chi connectivity index (χ1n) is 48.8. The number of ketones is 1. The molecule has 0 N–H and O–H groups in total. The van der Waals surface area contributed by atoms with E-state index in [1.807, 2.05) is 83.1 Å². The molecule has 21 heteroatoms. The Balaban J connectivity index is 0.000000115. The highest BCUT2D eigenvalue weighted by molar-refractivity contribution is 5.89. The third-order valence-corrected chi connectivity index (χ3v) is 38.0. The lowest BCUT2D eigenvalue weighted by molar-refractivity contribution is -0.192. The molecule has 0 radical (unpaired) electrons. The highest BCUT2D eigenvalue weighted by atomic mass is 16.7. The van der Waals surface area contributed by atoms with Crippen LogP contribution in [0.2, 0.25) is 0 Å². The molecule has 22 aliphatic rings. The highest BCUT2D eigenvalue weighted by Gasteiger charge is 2.71. The molecule has 22 bridgehead atoms. The van der Waals surface area contributed by atoms with Crippen molar-refractivity contribution >= 4 is 53.5 Å². The van der Waals surface area contributed by atoms with Crippen LogP contribution < -0.4 is 0 Å². The van der Waals surface area contributed by atoms with Crippen molar-refractivity contribution in [3.05, 3.63) is 0 Å². The lowest BCUT2D eigenvalue weighted by Gasteiger charge is -2.55. The number of ether oxygens (including phenoxy) is 12. The standard InChI is InChI=1S/C30H44O5.C26H38O6.C22H34O5.C21H32O5/c1-4-30(2,3)29(32)35-24-13-18-12-23(24)26-21-10-17(25(18)26)11-22(21)28(31)34-14-33-27-19-6-15-5-16(8-19)9-20(27)7-15;1-4-25(2,3)24(29)32-21-10-15-8-19(21)20(9-15)23(28)31-14-30-13-26-11-16-5-17(12-26)7-18(6-16)22(26)27;1-5-22(3,4)21(24)27-17-10-13-9-16(17)19-14-7-12(18(13)19)8-15(14)20(23)26-11-25-6-2;1-4-11(3)20(22)26-17-9-13-8-16(17)19-14-6-12(18(13)19)7-15(14)21(23)25-10-24-5-2/h15-27H,4-14H2,1-3H3;15-21H,4-14H2,1-3H3;12-19H,5-11H2,1-4H3;11-19H,4-10H2,1-3H3. The minimum absolute atomic E-state index is 0.0134. The molecule has 31 unspecified atom stereocenters. The molecule has 22 rings (SSSR count). The van der Waals surface area contributed by atoms with Gasteiger partial charge in [-0.3, -0.25) is 43.2 Å². The molecule has 22 aliphatic carbocycles. The van der Waals surface area contributed by atoms with Crippen LogP contribution in [0.15, 0.2) is 0 Å². The van der Waals surface area contributed by atoms with Crippen LogP contribution in [0.3, 0.4) is 0 Å². The van der Waals surface area contributed by atoms with Crippen molar-refractivity contribution in [2.45, 2.75) is 307 Å². The van der Waals surface area contributed by atoms with Crippen molar-refractivity contribution < 1.29 is 100.0 Å². The number of carbonyl (C=O) groups excluding carboxylic acids is 9. The van der Waals surface area contributed by atoms with Gasteiger partial charge in [-0.05, 0) is 390 Å². The van der Waals surface area contributed by atoms with Gasteiger partial charge in [-0.15, -0.1) is 0 Å². The Kier molecular flexibility index (Phi) is 25.3. The molecule has 0 aliphatic heterocycles. The van der Waals surface area contributed by atoms with E-state index in [-0.39, 0.29) is 146 Å². The second-order valence-electron chi connectivity index (χ2n) is 45.2. The van der Waals surface area contributed by atoms with E-state index in [2.05, 4.69) is 6.92 Å². The van der Waals surface area contributed by atoms with Gasteiger partial charge in [0.15, 0.2) is 27.2 Å². The summed E-state index contributed by atoms with van der Waals surface area (Å²) < 4.78 is 68.3. The predicted molar refractivity (Wildman–Crippen MR) is 440 cm³/mol. The molecule has 22 saturated carbocycles. The van der Waals surface area contributed by atoms with Crippen LogP contribution in [0.4, 0.5) is 0 Å². The Morgan fingerprint density at radius 1 is 0.350 bits per heavy atom. The van der Waals surface area contributed by atoms with E-state index in [0.29, 0.717) is 150 Å². The smallest absolute Gasteiger partial charge is 0.311 e. The first-order valence-corrected chi connectivity index (χ1v) is 48.8. The summed E-state index contributed by atoms with van der Waals surface area (Å²) in [6, 6.07) is 0. The molecule has 670 valence electrons. The molecule has 0 heterocycles. The predicted octanol–water partition coefficient (Wildman–Crippen LogP) is 17.1. The van der Waals surface area contributed by atoms with Gasteiger partial charge in [0.2, 0.25) is 0 Å². The van der Waals surface area contributed by atoms with Gasteiger partial charge in [0.25, 0.3) is 0 Å². The SMILES string of the molecule is CCC(C)(C)C(=O)OC1CC2CC(C(=O)OCOCC34CC5CC(CC(C5)C3=O)C4)C1C2.CCC(C)(C)C(=O)OC1CC2CC1C1C3CC(CC3C(=O)OCOC3C4CC5CC(C4)CC3C5)C21.CCOCOC(=O)C1CC2CC1C1C3CC(CC3OC(=O)C(C)(C)CC)C21.CCOCOC(=O)C1CC2CC1C1C3CC(CC3OC(=O)C(C)CC)C21. The zero-order chi connectivity index (χ0) is 84.5. The molecule has 0 aromatic carbocycles. The third kappa shape index (κ3) is 16.3. The first kappa shape index (κ1) is 87.3. The van der Waals surface area contributed by atoms with E-state index >= 15 is 0 Å². The molecule has 0 aromatic rings. The van der Waals surface area contributed by atoms with Gasteiger partial charge in [-0.1, -0.05) is 34.6 Å². The zero-order valence-electron chi connectivity index (χ0n) is 74.9. The van der Waals surface area contributed by atoms with Crippen LogP contribution in [0, 0.1) is 211 Å². The number of hydrogen-bond acceptors (Lipinski definition) is 21. The zero-order valence-corrected chi connectivity index (χ0v) is 74.9. The maximum atomic E-state index is 13.2. The van der Waals surface area contributed by atoms with E-state index in [0.717, 1.165) is 152 Å². The summed E-state index contributed by atoms with van der Waals surface area (Å²) >= 11 is 0. The quantitative estimate of drug-likeness (QED) is 0.0221. The van der Waals surface area contributed by atoms with Crippen LogP contribution >= 0.6 is 0 Å². The average Bonchev–Trinajstić information content (AvgIpc) is 1.54. The molecule has 0 aromatic heterocycles. The van der Waals surface area contributed by atoms with E-state index in [1.54, 1.807) is 0 Å². The van der Waals surface area contributed by atoms with E-state index in [4.69, 9.17) is 56.8 Å². The molecule has 22 fully saturated rings. The minimum Gasteiger partial charge on any atom is -0.462 e. The fraction of sp³-hybridized carbons (Fsp3) is 0.909. The van der Waals surface area contributed by atoms with Gasteiger partial charge < -0.3 is 56.8 Å². The summed E-state index contributed by atoms with van der Waals surface area (Å²) in [4.78, 5) is 114. The van der Waals surface area contributed by atoms with Crippen molar-refractivity contribution in [2.75, 3.05) is 47.0 Å². The largest absolute Gasteiger partial charge is 0.462 e. The molecule has 0 spiro atoms. The summed E-state index contributed by atoms with van der Waals surface area (Å²) in [5.74, 6) is 15.2. The minimum atomic E-state index is -0.500. The summed E-state index contributed by atoms with van der Waals surface area (Å²) in [7, 11) is 0. The van der Waals surface area contributed by atoms with Crippen molar-refractivity contribution in [3.8, 4) is 0 Å². The summed E-state index contributed by atoms with van der Waals surface area (Å²) in [5, 5.41) is 0. The van der Waals surface area contributed by atoms with Gasteiger partial charge in [0, 0.05) is 25.0 Å². The second-order valence-corrected chi connectivity index (χ2v) is 45.2. The molecule has 120 heavy (non-hydrogen) atoms. The number of fused-ring (bicyclic) bond motifs is 29. The fourth-order valence-electron chi connectivity index (χ4n) is 31.9. The molecule has 0 amide bonds. The first-order chi connectivity index (χ1) is 57.4. The number of hydrogen-bond donors (Lipinski definition) is 0. The van der Waals surface area contributed by atoms with Crippen LogP contribution in [0.5, 0.6) is 0 Å². The Morgan fingerprint density at radius 2 is 0.700 bits per heavy atom.